The largest absolute Gasteiger partial charge is 0.486 e. The number of fused-ring (bicyclic) bond motifs is 2. The molecule has 156 valence electrons. The van der Waals surface area contributed by atoms with Crippen LogP contribution < -0.4 is 14.8 Å². The average Bonchev–Trinajstić information content (AvgIpc) is 3.21. The predicted octanol–water partition coefficient (Wildman–Crippen LogP) is 4.31. The molecule has 0 saturated heterocycles. The molecule has 0 fully saturated rings. The lowest BCUT2D eigenvalue weighted by atomic mass is 10.1. The van der Waals surface area contributed by atoms with Crippen LogP contribution in [0.15, 0.2) is 54.6 Å². The molecule has 4 aromatic rings. The molecule has 1 aliphatic rings. The van der Waals surface area contributed by atoms with Crippen molar-refractivity contribution in [1.82, 2.24) is 15.0 Å². The van der Waals surface area contributed by atoms with E-state index in [0.29, 0.717) is 41.5 Å². The van der Waals surface area contributed by atoms with Crippen LogP contribution in [0.4, 0.5) is 5.69 Å². The number of nitrogens with zero attached hydrogens (tertiary/aromatic N) is 3. The van der Waals surface area contributed by atoms with E-state index in [1.54, 1.807) is 23.0 Å². The van der Waals surface area contributed by atoms with Gasteiger partial charge >= 0.3 is 0 Å². The van der Waals surface area contributed by atoms with Crippen LogP contribution in [0, 0.1) is 6.92 Å². The van der Waals surface area contributed by atoms with Gasteiger partial charge in [0, 0.05) is 11.3 Å². The fraction of sp³-hybridized carbons (Fsp3) is 0.208. The lowest BCUT2D eigenvalue weighted by molar-refractivity contribution is 0.102. The molecule has 0 atom stereocenters. The summed E-state index contributed by atoms with van der Waals surface area (Å²) in [6, 6.07) is 17.1. The summed E-state index contributed by atoms with van der Waals surface area (Å²) in [7, 11) is 0. The minimum atomic E-state index is -0.220. The van der Waals surface area contributed by atoms with Gasteiger partial charge in [0.25, 0.3) is 5.91 Å². The Labute approximate surface area is 179 Å². The Morgan fingerprint density at radius 1 is 0.968 bits per heavy atom. The van der Waals surface area contributed by atoms with Gasteiger partial charge in [-0.1, -0.05) is 19.1 Å². The van der Waals surface area contributed by atoms with Gasteiger partial charge in [-0.3, -0.25) is 4.79 Å². The molecule has 1 aromatic heterocycles. The SMILES string of the molecule is CCc1ccc(-n2nc3cc(C)c(NC(=O)c4ccc5c(c4)OCCO5)cc3n2)cc1. The van der Waals surface area contributed by atoms with Gasteiger partial charge in [-0.2, -0.15) is 4.80 Å². The lowest BCUT2D eigenvalue weighted by Gasteiger charge is -2.18. The van der Waals surface area contributed by atoms with Gasteiger partial charge in [0.2, 0.25) is 0 Å². The second kappa shape index (κ2) is 7.75. The Morgan fingerprint density at radius 2 is 1.68 bits per heavy atom. The molecule has 1 aliphatic heterocycles. The molecule has 2 heterocycles. The van der Waals surface area contributed by atoms with Crippen LogP contribution in [0.25, 0.3) is 16.7 Å². The summed E-state index contributed by atoms with van der Waals surface area (Å²) < 4.78 is 11.1. The number of rotatable bonds is 4. The topological polar surface area (TPSA) is 78.3 Å². The minimum Gasteiger partial charge on any atom is -0.486 e. The molecule has 5 rings (SSSR count). The maximum absolute atomic E-state index is 12.8. The lowest BCUT2D eigenvalue weighted by Crippen LogP contribution is -2.17. The van der Waals surface area contributed by atoms with Crippen LogP contribution in [0.1, 0.15) is 28.4 Å². The zero-order chi connectivity index (χ0) is 21.4. The van der Waals surface area contributed by atoms with E-state index in [-0.39, 0.29) is 5.91 Å². The Kier molecular flexibility index (Phi) is 4.78. The summed E-state index contributed by atoms with van der Waals surface area (Å²) in [5.41, 5.74) is 5.75. The Hall–Kier alpha value is -3.87. The van der Waals surface area contributed by atoms with Gasteiger partial charge in [-0.15, -0.1) is 10.2 Å². The fourth-order valence-corrected chi connectivity index (χ4v) is 3.56. The molecule has 0 bridgehead atoms. The standard InChI is InChI=1S/C24H22N4O3/c1-3-16-4-7-18(8-5-16)28-26-20-12-15(2)19(14-21(20)27-28)25-24(29)17-6-9-22-23(13-17)31-11-10-30-22/h4-9,12-14H,3,10-11H2,1-2H3,(H,25,29). The molecular weight excluding hydrogens is 392 g/mol. The summed E-state index contributed by atoms with van der Waals surface area (Å²) in [6.45, 7) is 5.05. The third kappa shape index (κ3) is 3.70. The van der Waals surface area contributed by atoms with E-state index < -0.39 is 0 Å². The number of benzene rings is 3. The summed E-state index contributed by atoms with van der Waals surface area (Å²) >= 11 is 0. The zero-order valence-electron chi connectivity index (χ0n) is 17.4. The molecular formula is C24H22N4O3. The van der Waals surface area contributed by atoms with Crippen molar-refractivity contribution in [3.63, 3.8) is 0 Å². The Balaban J connectivity index is 1.42. The monoisotopic (exact) mass is 414 g/mol. The number of anilines is 1. The summed E-state index contributed by atoms with van der Waals surface area (Å²) in [5, 5.41) is 12.2. The van der Waals surface area contributed by atoms with Crippen molar-refractivity contribution in [3.8, 4) is 17.2 Å². The van der Waals surface area contributed by atoms with Crippen molar-refractivity contribution in [1.29, 1.82) is 0 Å². The third-order valence-corrected chi connectivity index (χ3v) is 5.35. The third-order valence-electron chi connectivity index (χ3n) is 5.35. The normalized spacial score (nSPS) is 12.7. The van der Waals surface area contributed by atoms with Crippen molar-refractivity contribution in [2.24, 2.45) is 0 Å². The van der Waals surface area contributed by atoms with E-state index in [1.807, 2.05) is 31.2 Å². The highest BCUT2D eigenvalue weighted by Crippen LogP contribution is 2.31. The van der Waals surface area contributed by atoms with Crippen molar-refractivity contribution in [2.45, 2.75) is 20.3 Å². The first kappa shape index (κ1) is 19.1. The van der Waals surface area contributed by atoms with Crippen molar-refractivity contribution < 1.29 is 14.3 Å². The van der Waals surface area contributed by atoms with Gasteiger partial charge < -0.3 is 14.8 Å². The maximum atomic E-state index is 12.8. The van der Waals surface area contributed by atoms with Gasteiger partial charge in [0.15, 0.2) is 11.5 Å². The van der Waals surface area contributed by atoms with Crippen LogP contribution in [0.2, 0.25) is 0 Å². The van der Waals surface area contributed by atoms with Crippen LogP contribution in [0.5, 0.6) is 11.5 Å². The second-order valence-electron chi connectivity index (χ2n) is 7.48. The van der Waals surface area contributed by atoms with Gasteiger partial charge in [0.1, 0.15) is 24.2 Å². The highest BCUT2D eigenvalue weighted by molar-refractivity contribution is 6.05. The van der Waals surface area contributed by atoms with Crippen molar-refractivity contribution >= 4 is 22.6 Å². The van der Waals surface area contributed by atoms with E-state index in [0.717, 1.165) is 23.2 Å². The van der Waals surface area contributed by atoms with Crippen molar-refractivity contribution in [3.05, 3.63) is 71.3 Å². The van der Waals surface area contributed by atoms with E-state index in [9.17, 15) is 4.79 Å². The molecule has 7 nitrogen and oxygen atoms in total. The molecule has 0 unspecified atom stereocenters. The Bertz CT molecular complexity index is 1280. The van der Waals surface area contributed by atoms with Crippen LogP contribution in [0.3, 0.4) is 0 Å². The molecule has 3 aromatic carbocycles. The highest BCUT2D eigenvalue weighted by atomic mass is 16.6. The molecule has 1 amide bonds. The molecule has 0 radical (unpaired) electrons. The van der Waals surface area contributed by atoms with E-state index in [1.165, 1.54) is 5.56 Å². The molecule has 0 saturated carbocycles. The minimum absolute atomic E-state index is 0.220. The molecule has 0 spiro atoms. The number of carbonyl (C=O) groups is 1. The first-order chi connectivity index (χ1) is 15.1. The van der Waals surface area contributed by atoms with Gasteiger partial charge in [-0.25, -0.2) is 0 Å². The van der Waals surface area contributed by atoms with Crippen molar-refractivity contribution in [2.75, 3.05) is 18.5 Å². The number of aromatic nitrogens is 3. The van der Waals surface area contributed by atoms with E-state index >= 15 is 0 Å². The number of hydrogen-bond acceptors (Lipinski definition) is 5. The molecule has 31 heavy (non-hydrogen) atoms. The smallest absolute Gasteiger partial charge is 0.255 e. The number of amides is 1. The highest BCUT2D eigenvalue weighted by Gasteiger charge is 2.16. The van der Waals surface area contributed by atoms with E-state index in [2.05, 4.69) is 34.6 Å². The summed E-state index contributed by atoms with van der Waals surface area (Å²) in [6.07, 6.45) is 0.987. The predicted molar refractivity (Wildman–Crippen MR) is 118 cm³/mol. The molecule has 1 N–H and O–H groups in total. The zero-order valence-corrected chi connectivity index (χ0v) is 17.4. The number of aryl methyl sites for hydroxylation is 2. The number of ether oxygens (including phenoxy) is 2. The number of hydrogen-bond donors (Lipinski definition) is 1. The van der Waals surface area contributed by atoms with Gasteiger partial charge in [0.05, 0.1) is 5.69 Å². The summed E-state index contributed by atoms with van der Waals surface area (Å²) in [4.78, 5) is 14.4. The van der Waals surface area contributed by atoms with E-state index in [4.69, 9.17) is 9.47 Å². The number of carbonyl (C=O) groups excluding carboxylic acids is 1. The van der Waals surface area contributed by atoms with Crippen LogP contribution >= 0.6 is 0 Å². The van der Waals surface area contributed by atoms with Crippen LogP contribution in [-0.4, -0.2) is 34.1 Å². The summed E-state index contributed by atoms with van der Waals surface area (Å²) in [5.74, 6) is 1.02. The number of nitrogens with one attached hydrogen (secondary N) is 1. The maximum Gasteiger partial charge on any atom is 0.255 e. The molecule has 0 aliphatic carbocycles. The fourth-order valence-electron chi connectivity index (χ4n) is 3.56. The quantitative estimate of drug-likeness (QED) is 0.538. The van der Waals surface area contributed by atoms with Gasteiger partial charge in [-0.05, 0) is 66.9 Å². The van der Waals surface area contributed by atoms with Crippen LogP contribution in [-0.2, 0) is 6.42 Å². The first-order valence-corrected chi connectivity index (χ1v) is 10.3. The molecule has 7 heteroatoms. The Morgan fingerprint density at radius 3 is 2.42 bits per heavy atom. The second-order valence-corrected chi connectivity index (χ2v) is 7.48. The average molecular weight is 414 g/mol. The first-order valence-electron chi connectivity index (χ1n) is 10.3.